The highest BCUT2D eigenvalue weighted by Crippen LogP contribution is 2.37. The molecular weight excluding hydrogens is 190 g/mol. The van der Waals surface area contributed by atoms with E-state index >= 15 is 0 Å². The summed E-state index contributed by atoms with van der Waals surface area (Å²) >= 11 is 1.88. The first kappa shape index (κ1) is 9.66. The number of hydrogen-bond acceptors (Lipinski definition) is 1. The molecule has 0 bridgehead atoms. The highest BCUT2D eigenvalue weighted by Gasteiger charge is 2.21. The third kappa shape index (κ3) is 1.44. The monoisotopic (exact) mass is 205 g/mol. The fourth-order valence-electron chi connectivity index (χ4n) is 1.68. The number of thioether (sulfide) groups is 1. The molecule has 0 amide bonds. The van der Waals surface area contributed by atoms with Gasteiger partial charge >= 0.3 is 0 Å². The van der Waals surface area contributed by atoms with Crippen LogP contribution in [0.15, 0.2) is 30.5 Å². The van der Waals surface area contributed by atoms with Gasteiger partial charge in [-0.1, -0.05) is 18.2 Å². The lowest BCUT2D eigenvalue weighted by Gasteiger charge is -2.21. The Morgan fingerprint density at radius 1 is 1.21 bits per heavy atom. The predicted molar refractivity (Wildman–Crippen MR) is 64.8 cm³/mol. The first-order valence-corrected chi connectivity index (χ1v) is 5.99. The van der Waals surface area contributed by atoms with E-state index in [4.69, 9.17) is 0 Å². The molecule has 0 aliphatic carbocycles. The maximum atomic E-state index is 3.32. The Bertz CT molecular complexity index is 442. The van der Waals surface area contributed by atoms with Crippen molar-refractivity contribution in [2.45, 2.75) is 18.6 Å². The molecule has 2 heteroatoms. The van der Waals surface area contributed by atoms with E-state index in [-0.39, 0.29) is 4.75 Å². The van der Waals surface area contributed by atoms with Crippen LogP contribution in [0.2, 0.25) is 0 Å². The summed E-state index contributed by atoms with van der Waals surface area (Å²) in [4.78, 5) is 3.32. The van der Waals surface area contributed by atoms with E-state index in [9.17, 15) is 0 Å². The van der Waals surface area contributed by atoms with Gasteiger partial charge in [0.05, 0.1) is 0 Å². The number of para-hydroxylation sites is 1. The van der Waals surface area contributed by atoms with Crippen LogP contribution in [0.1, 0.15) is 19.4 Å². The van der Waals surface area contributed by atoms with Gasteiger partial charge in [-0.3, -0.25) is 0 Å². The van der Waals surface area contributed by atoms with Crippen LogP contribution < -0.4 is 0 Å². The highest BCUT2D eigenvalue weighted by molar-refractivity contribution is 7.99. The summed E-state index contributed by atoms with van der Waals surface area (Å²) in [5, 5.41) is 1.34. The lowest BCUT2D eigenvalue weighted by molar-refractivity contribution is 0.793. The van der Waals surface area contributed by atoms with Crippen LogP contribution in [0.25, 0.3) is 10.9 Å². The quantitative estimate of drug-likeness (QED) is 0.789. The average molecular weight is 205 g/mol. The molecule has 1 nitrogen and oxygen atoms in total. The Kier molecular flexibility index (Phi) is 2.31. The number of H-pyrrole nitrogens is 1. The summed E-state index contributed by atoms with van der Waals surface area (Å²) in [6.45, 7) is 4.51. The zero-order valence-corrected chi connectivity index (χ0v) is 9.61. The summed E-state index contributed by atoms with van der Waals surface area (Å²) in [7, 11) is 0. The first-order valence-electron chi connectivity index (χ1n) is 4.77. The number of benzene rings is 1. The fourth-order valence-corrected chi connectivity index (χ4v) is 2.07. The molecule has 0 aliphatic heterocycles. The van der Waals surface area contributed by atoms with Crippen LogP contribution in [0.4, 0.5) is 0 Å². The Morgan fingerprint density at radius 3 is 2.64 bits per heavy atom. The molecular formula is C12H15NS. The van der Waals surface area contributed by atoms with Gasteiger partial charge in [0.1, 0.15) is 0 Å². The van der Waals surface area contributed by atoms with Crippen molar-refractivity contribution in [3.63, 3.8) is 0 Å². The van der Waals surface area contributed by atoms with E-state index < -0.39 is 0 Å². The Hall–Kier alpha value is -0.890. The predicted octanol–water partition coefficient (Wildman–Crippen LogP) is 3.77. The van der Waals surface area contributed by atoms with Crippen LogP contribution in [0.5, 0.6) is 0 Å². The SMILES string of the molecule is CSC(C)(C)c1c[nH]c2ccccc12. The topological polar surface area (TPSA) is 15.8 Å². The van der Waals surface area contributed by atoms with Gasteiger partial charge in [-0.2, -0.15) is 11.8 Å². The van der Waals surface area contributed by atoms with E-state index in [2.05, 4.69) is 55.5 Å². The lowest BCUT2D eigenvalue weighted by Crippen LogP contribution is -2.09. The molecule has 1 N–H and O–H groups in total. The third-order valence-electron chi connectivity index (χ3n) is 2.75. The second kappa shape index (κ2) is 3.35. The number of rotatable bonds is 2. The van der Waals surface area contributed by atoms with Gasteiger partial charge in [-0.25, -0.2) is 0 Å². The smallest absolute Gasteiger partial charge is 0.0457 e. The Labute approximate surface area is 88.9 Å². The summed E-state index contributed by atoms with van der Waals surface area (Å²) in [6, 6.07) is 8.46. The van der Waals surface area contributed by atoms with Gasteiger partial charge in [-0.05, 0) is 31.7 Å². The molecule has 0 saturated carbocycles. The van der Waals surface area contributed by atoms with Crippen LogP contribution >= 0.6 is 11.8 Å². The van der Waals surface area contributed by atoms with E-state index in [1.165, 1.54) is 16.5 Å². The molecule has 0 aliphatic rings. The number of fused-ring (bicyclic) bond motifs is 1. The van der Waals surface area contributed by atoms with Crippen molar-refractivity contribution in [2.75, 3.05) is 6.26 Å². The van der Waals surface area contributed by atoms with Gasteiger partial charge in [-0.15, -0.1) is 0 Å². The van der Waals surface area contributed by atoms with Gasteiger partial charge in [0.25, 0.3) is 0 Å². The molecule has 1 heterocycles. The summed E-state index contributed by atoms with van der Waals surface area (Å²) in [5.74, 6) is 0. The molecule has 0 unspecified atom stereocenters. The van der Waals surface area contributed by atoms with Crippen LogP contribution in [-0.4, -0.2) is 11.2 Å². The molecule has 0 fully saturated rings. The molecule has 14 heavy (non-hydrogen) atoms. The van der Waals surface area contributed by atoms with Gasteiger partial charge < -0.3 is 4.98 Å². The molecule has 1 aromatic heterocycles. The highest BCUT2D eigenvalue weighted by atomic mass is 32.2. The van der Waals surface area contributed by atoms with Gasteiger partial charge in [0.2, 0.25) is 0 Å². The number of nitrogens with one attached hydrogen (secondary N) is 1. The molecule has 1 aromatic carbocycles. The van der Waals surface area contributed by atoms with E-state index in [0.717, 1.165) is 0 Å². The zero-order chi connectivity index (χ0) is 10.2. The molecule has 0 radical (unpaired) electrons. The van der Waals surface area contributed by atoms with Crippen molar-refractivity contribution in [3.05, 3.63) is 36.0 Å². The third-order valence-corrected chi connectivity index (χ3v) is 3.99. The number of aromatic nitrogens is 1. The average Bonchev–Trinajstić information content (AvgIpc) is 2.61. The Morgan fingerprint density at radius 2 is 1.93 bits per heavy atom. The molecule has 2 rings (SSSR count). The molecule has 0 spiro atoms. The van der Waals surface area contributed by atoms with Crippen LogP contribution in [0, 0.1) is 0 Å². The number of aromatic amines is 1. The van der Waals surface area contributed by atoms with Crippen molar-refractivity contribution in [3.8, 4) is 0 Å². The second-order valence-corrected chi connectivity index (χ2v) is 5.39. The maximum Gasteiger partial charge on any atom is 0.0457 e. The molecule has 74 valence electrons. The lowest BCUT2D eigenvalue weighted by atomic mass is 10.0. The van der Waals surface area contributed by atoms with Crippen LogP contribution in [0.3, 0.4) is 0 Å². The summed E-state index contributed by atoms with van der Waals surface area (Å²) < 4.78 is 0.180. The zero-order valence-electron chi connectivity index (χ0n) is 8.79. The minimum Gasteiger partial charge on any atom is -0.361 e. The van der Waals surface area contributed by atoms with Crippen molar-refractivity contribution in [2.24, 2.45) is 0 Å². The standard InChI is InChI=1S/C12H15NS/c1-12(2,14-3)10-8-13-11-7-5-4-6-9(10)11/h4-8,13H,1-3H3. The fraction of sp³-hybridized carbons (Fsp3) is 0.333. The van der Waals surface area contributed by atoms with Crippen molar-refractivity contribution in [1.82, 2.24) is 4.98 Å². The molecule has 0 atom stereocenters. The van der Waals surface area contributed by atoms with E-state index in [1.807, 2.05) is 11.8 Å². The first-order chi connectivity index (χ1) is 6.65. The molecule has 2 aromatic rings. The normalized spacial score (nSPS) is 12.2. The van der Waals surface area contributed by atoms with Crippen molar-refractivity contribution >= 4 is 22.7 Å². The summed E-state index contributed by atoms with van der Waals surface area (Å²) in [6.07, 6.45) is 4.28. The van der Waals surface area contributed by atoms with Gasteiger partial charge in [0.15, 0.2) is 0 Å². The Balaban J connectivity index is 2.64. The minimum atomic E-state index is 0.180. The number of hydrogen-bond donors (Lipinski definition) is 1. The van der Waals surface area contributed by atoms with Crippen molar-refractivity contribution < 1.29 is 0 Å². The minimum absolute atomic E-state index is 0.180. The van der Waals surface area contributed by atoms with Crippen molar-refractivity contribution in [1.29, 1.82) is 0 Å². The maximum absolute atomic E-state index is 3.32. The van der Waals surface area contributed by atoms with E-state index in [0.29, 0.717) is 0 Å². The second-order valence-electron chi connectivity index (χ2n) is 3.96. The molecule has 0 saturated heterocycles. The van der Waals surface area contributed by atoms with Crippen LogP contribution in [-0.2, 0) is 4.75 Å². The van der Waals surface area contributed by atoms with Gasteiger partial charge in [0, 0.05) is 21.8 Å². The summed E-state index contributed by atoms with van der Waals surface area (Å²) in [5.41, 5.74) is 2.62. The van der Waals surface area contributed by atoms with E-state index in [1.54, 1.807) is 0 Å². The largest absolute Gasteiger partial charge is 0.361 e.